The predicted molar refractivity (Wildman–Crippen MR) is 159 cm³/mol. The number of amides is 3. The van der Waals surface area contributed by atoms with Crippen LogP contribution in [0.2, 0.25) is 0 Å². The van der Waals surface area contributed by atoms with E-state index in [1.807, 2.05) is 44.6 Å². The van der Waals surface area contributed by atoms with Crippen molar-refractivity contribution in [1.29, 1.82) is 0 Å². The number of carbonyl (C=O) groups is 3. The van der Waals surface area contributed by atoms with Crippen LogP contribution in [0.5, 0.6) is 17.2 Å². The molecular formula is C32H39N5O6. The van der Waals surface area contributed by atoms with E-state index < -0.39 is 6.04 Å². The Morgan fingerprint density at radius 3 is 2.70 bits per heavy atom. The van der Waals surface area contributed by atoms with Gasteiger partial charge in [0.25, 0.3) is 11.8 Å². The number of fused-ring (bicyclic) bond motifs is 7. The zero-order valence-corrected chi connectivity index (χ0v) is 25.4. The predicted octanol–water partition coefficient (Wildman–Crippen LogP) is 2.77. The number of nitrogens with zero attached hydrogens (tertiary/aromatic N) is 3. The molecule has 3 amide bonds. The number of nitrogens with one attached hydrogen (secondary N) is 2. The van der Waals surface area contributed by atoms with Crippen LogP contribution in [-0.2, 0) is 29.6 Å². The van der Waals surface area contributed by atoms with Crippen molar-refractivity contribution in [3.05, 3.63) is 70.0 Å². The molecular weight excluding hydrogens is 550 g/mol. The highest BCUT2D eigenvalue weighted by Crippen LogP contribution is 2.28. The Morgan fingerprint density at radius 1 is 1.14 bits per heavy atom. The van der Waals surface area contributed by atoms with Crippen LogP contribution in [-0.4, -0.2) is 71.4 Å². The van der Waals surface area contributed by atoms with Crippen molar-refractivity contribution in [3.63, 3.8) is 0 Å². The van der Waals surface area contributed by atoms with Crippen LogP contribution in [0.25, 0.3) is 0 Å². The number of methoxy groups -OCH3 is 1. The molecule has 1 saturated heterocycles. The van der Waals surface area contributed by atoms with Gasteiger partial charge >= 0.3 is 0 Å². The van der Waals surface area contributed by atoms with Crippen molar-refractivity contribution in [2.24, 2.45) is 7.05 Å². The molecule has 2 aromatic carbocycles. The van der Waals surface area contributed by atoms with Gasteiger partial charge in [-0.2, -0.15) is 5.10 Å². The van der Waals surface area contributed by atoms with Crippen LogP contribution in [0.4, 0.5) is 0 Å². The lowest BCUT2D eigenvalue weighted by atomic mass is 9.99. The van der Waals surface area contributed by atoms with Gasteiger partial charge in [-0.15, -0.1) is 0 Å². The number of aromatic nitrogens is 2. The van der Waals surface area contributed by atoms with E-state index in [-0.39, 0.29) is 37.0 Å². The number of carbonyl (C=O) groups excluding carboxylic acids is 3. The zero-order valence-electron chi connectivity index (χ0n) is 25.4. The summed E-state index contributed by atoms with van der Waals surface area (Å²) in [5.41, 5.74) is 5.06. The lowest BCUT2D eigenvalue weighted by Crippen LogP contribution is -2.58. The Balaban J connectivity index is 1.39. The number of ether oxygens (including phenoxy) is 3. The van der Waals surface area contributed by atoms with Crippen LogP contribution in [0.15, 0.2) is 36.4 Å². The van der Waals surface area contributed by atoms with Gasteiger partial charge in [0.15, 0.2) is 6.61 Å². The van der Waals surface area contributed by atoms with Crippen molar-refractivity contribution in [2.75, 3.05) is 26.8 Å². The first-order chi connectivity index (χ1) is 20.6. The second-order valence-electron chi connectivity index (χ2n) is 11.2. The third kappa shape index (κ3) is 6.76. The average molecular weight is 590 g/mol. The zero-order chi connectivity index (χ0) is 30.7. The Kier molecular flexibility index (Phi) is 8.89. The molecule has 0 saturated carbocycles. The molecule has 228 valence electrons. The van der Waals surface area contributed by atoms with Crippen molar-refractivity contribution in [3.8, 4) is 17.2 Å². The number of aryl methyl sites for hydroxylation is 3. The van der Waals surface area contributed by atoms with Crippen LogP contribution >= 0.6 is 0 Å². The lowest BCUT2D eigenvalue weighted by Gasteiger charge is -2.39. The third-order valence-corrected chi connectivity index (χ3v) is 8.30. The minimum Gasteiger partial charge on any atom is -0.496 e. The SMILES string of the molecule is COc1cc2ccc1CNC(=O)COc1cc(ccc1C)C(=O)N[C@H]1CN(C(=O)CCc3c(C)nn(C)c3C)CC[C@H]1O2. The molecule has 4 heterocycles. The molecule has 11 nitrogen and oxygen atoms in total. The summed E-state index contributed by atoms with van der Waals surface area (Å²) < 4.78 is 19.6. The molecule has 1 aromatic heterocycles. The average Bonchev–Trinajstić information content (AvgIpc) is 3.24. The summed E-state index contributed by atoms with van der Waals surface area (Å²) in [6.07, 6.45) is 1.10. The summed E-state index contributed by atoms with van der Waals surface area (Å²) in [7, 11) is 3.47. The Bertz CT molecular complexity index is 1530. The molecule has 3 aromatic rings. The molecule has 1 fully saturated rings. The number of rotatable bonds is 4. The van der Waals surface area contributed by atoms with E-state index in [1.54, 1.807) is 36.3 Å². The molecule has 3 aliphatic rings. The monoisotopic (exact) mass is 589 g/mol. The van der Waals surface area contributed by atoms with Crippen LogP contribution in [0.1, 0.15) is 51.3 Å². The van der Waals surface area contributed by atoms with Crippen LogP contribution in [0.3, 0.4) is 0 Å². The summed E-state index contributed by atoms with van der Waals surface area (Å²) in [4.78, 5) is 41.2. The highest BCUT2D eigenvalue weighted by atomic mass is 16.5. The number of piperidine rings is 1. The van der Waals surface area contributed by atoms with Crippen molar-refractivity contribution in [2.45, 2.75) is 58.7 Å². The standard InChI is InChI=1S/C32H39N5O6/c1-19-6-7-22-14-28(19)42-18-30(38)33-16-23-8-9-24(15-29(23)41-5)43-27-12-13-37(17-26(27)34-32(22)40)31(39)11-10-25-20(2)35-36(4)21(25)3/h6-9,14-15,26-27H,10-13,16-18H2,1-5H3,(H,33,38)(H,34,40)/t26-,27+/m0/s1. The first-order valence-corrected chi connectivity index (χ1v) is 14.5. The van der Waals surface area contributed by atoms with E-state index in [2.05, 4.69) is 15.7 Å². The molecule has 0 radical (unpaired) electrons. The smallest absolute Gasteiger partial charge is 0.258 e. The second-order valence-corrected chi connectivity index (χ2v) is 11.2. The Labute approximate surface area is 251 Å². The Hall–Kier alpha value is -4.54. The molecule has 2 N–H and O–H groups in total. The van der Waals surface area contributed by atoms with Crippen molar-refractivity contribution in [1.82, 2.24) is 25.3 Å². The van der Waals surface area contributed by atoms with E-state index in [0.29, 0.717) is 55.2 Å². The van der Waals surface area contributed by atoms with Crippen LogP contribution < -0.4 is 24.8 Å². The quantitative estimate of drug-likeness (QED) is 0.480. The fourth-order valence-corrected chi connectivity index (χ4v) is 5.66. The summed E-state index contributed by atoms with van der Waals surface area (Å²) in [6, 6.07) is 10.1. The molecule has 3 aliphatic heterocycles. The van der Waals surface area contributed by atoms with E-state index >= 15 is 0 Å². The van der Waals surface area contributed by atoms with Gasteiger partial charge in [0.05, 0.1) is 18.8 Å². The maximum absolute atomic E-state index is 13.5. The molecule has 11 heteroatoms. The molecule has 0 unspecified atom stereocenters. The number of hydrogen-bond donors (Lipinski definition) is 2. The van der Waals surface area contributed by atoms with Gasteiger partial charge in [-0.1, -0.05) is 6.07 Å². The first kappa shape index (κ1) is 29.9. The molecule has 43 heavy (non-hydrogen) atoms. The van der Waals surface area contributed by atoms with Gasteiger partial charge in [-0.25, -0.2) is 0 Å². The summed E-state index contributed by atoms with van der Waals surface area (Å²) in [5, 5.41) is 10.4. The third-order valence-electron chi connectivity index (χ3n) is 8.30. The molecule has 2 atom stereocenters. The fraction of sp³-hybridized carbons (Fsp3) is 0.438. The molecule has 0 aliphatic carbocycles. The highest BCUT2D eigenvalue weighted by Gasteiger charge is 2.34. The number of benzene rings is 2. The number of likely N-dealkylation sites (tertiary alicyclic amines) is 1. The van der Waals surface area contributed by atoms with E-state index in [9.17, 15) is 14.4 Å². The van der Waals surface area contributed by atoms with Gasteiger partial charge in [0.2, 0.25) is 5.91 Å². The molecule has 6 rings (SSSR count). The normalized spacial score (nSPS) is 19.0. The highest BCUT2D eigenvalue weighted by molar-refractivity contribution is 5.95. The van der Waals surface area contributed by atoms with Gasteiger partial charge < -0.3 is 29.7 Å². The van der Waals surface area contributed by atoms with E-state index in [1.165, 1.54) is 0 Å². The lowest BCUT2D eigenvalue weighted by molar-refractivity contribution is -0.133. The second kappa shape index (κ2) is 12.8. The Morgan fingerprint density at radius 2 is 1.95 bits per heavy atom. The van der Waals surface area contributed by atoms with E-state index in [0.717, 1.165) is 28.1 Å². The fourth-order valence-electron chi connectivity index (χ4n) is 5.66. The minimum absolute atomic E-state index is 0.0213. The van der Waals surface area contributed by atoms with Crippen molar-refractivity contribution >= 4 is 17.7 Å². The van der Waals surface area contributed by atoms with Gasteiger partial charge in [0, 0.05) is 62.4 Å². The summed E-state index contributed by atoms with van der Waals surface area (Å²) in [6.45, 7) is 6.70. The van der Waals surface area contributed by atoms with Crippen LogP contribution in [0, 0.1) is 20.8 Å². The topological polar surface area (TPSA) is 124 Å². The first-order valence-electron chi connectivity index (χ1n) is 14.5. The minimum atomic E-state index is -0.470. The van der Waals surface area contributed by atoms with Gasteiger partial charge in [-0.3, -0.25) is 19.1 Å². The molecule has 0 spiro atoms. The van der Waals surface area contributed by atoms with Gasteiger partial charge in [0.1, 0.15) is 23.4 Å². The molecule has 4 bridgehead atoms. The van der Waals surface area contributed by atoms with E-state index in [4.69, 9.17) is 14.2 Å². The maximum Gasteiger partial charge on any atom is 0.258 e. The number of hydrogen-bond acceptors (Lipinski definition) is 7. The summed E-state index contributed by atoms with van der Waals surface area (Å²) >= 11 is 0. The van der Waals surface area contributed by atoms with Gasteiger partial charge in [-0.05, 0) is 62.6 Å². The van der Waals surface area contributed by atoms with Crippen molar-refractivity contribution < 1.29 is 28.6 Å². The maximum atomic E-state index is 13.5. The largest absolute Gasteiger partial charge is 0.496 e. The summed E-state index contributed by atoms with van der Waals surface area (Å²) in [5.74, 6) is 0.992.